The van der Waals surface area contributed by atoms with Gasteiger partial charge in [-0.2, -0.15) is 8.78 Å². The minimum atomic E-state index is -2.14. The summed E-state index contributed by atoms with van der Waals surface area (Å²) in [6, 6.07) is 1.12. The molecule has 0 atom stereocenters. The molecule has 0 aliphatic rings. The van der Waals surface area contributed by atoms with Gasteiger partial charge in [-0.05, 0) is 6.07 Å². The molecule has 0 aliphatic carbocycles. The van der Waals surface area contributed by atoms with Crippen LogP contribution in [0.1, 0.15) is 0 Å². The normalized spacial score (nSPS) is 10.8. The Morgan fingerprint density at radius 3 is 1.65 bits per heavy atom. The van der Waals surface area contributed by atoms with Crippen molar-refractivity contribution >= 4 is 0 Å². The predicted molar refractivity (Wildman–Crippen MR) is 58.4 cm³/mol. The maximum Gasteiger partial charge on any atom is 0.204 e. The first-order valence-corrected chi connectivity index (χ1v) is 5.06. The van der Waals surface area contributed by atoms with Gasteiger partial charge >= 0.3 is 0 Å². The predicted octanol–water partition coefficient (Wildman–Crippen LogP) is 2.73. The van der Waals surface area contributed by atoms with Crippen molar-refractivity contribution in [3.8, 4) is 34.1 Å². The molecule has 4 N–H and O–H groups in total. The average Bonchev–Trinajstić information content (AvgIpc) is 2.39. The van der Waals surface area contributed by atoms with Crippen molar-refractivity contribution in [2.75, 3.05) is 0 Å². The summed E-state index contributed by atoms with van der Waals surface area (Å²) in [6.45, 7) is 0. The Balaban J connectivity index is 2.91. The zero-order chi connectivity index (χ0) is 15.2. The summed E-state index contributed by atoms with van der Waals surface area (Å²) < 4.78 is 52.7. The van der Waals surface area contributed by atoms with Gasteiger partial charge in [0.25, 0.3) is 0 Å². The highest BCUT2D eigenvalue weighted by atomic mass is 19.2. The molecule has 0 unspecified atom stereocenters. The van der Waals surface area contributed by atoms with E-state index in [0.29, 0.717) is 12.1 Å². The molecule has 0 aliphatic heterocycles. The van der Waals surface area contributed by atoms with E-state index in [0.717, 1.165) is 0 Å². The Bertz CT molecular complexity index is 686. The molecule has 106 valence electrons. The lowest BCUT2D eigenvalue weighted by Gasteiger charge is -2.12. The molecule has 2 aromatic carbocycles. The highest BCUT2D eigenvalue weighted by Gasteiger charge is 2.28. The standard InChI is InChI=1S/C12H6F4O4/c13-5-2-3(17)1-4(10(5)18)6-11(19)8(15)7(14)9(16)12(6)20/h1-2,17-20H. The third-order valence-corrected chi connectivity index (χ3v) is 2.59. The molecule has 0 saturated carbocycles. The molecule has 0 heterocycles. The summed E-state index contributed by atoms with van der Waals surface area (Å²) in [7, 11) is 0. The van der Waals surface area contributed by atoms with Gasteiger partial charge in [-0.15, -0.1) is 0 Å². The van der Waals surface area contributed by atoms with Crippen molar-refractivity contribution in [3.05, 3.63) is 35.4 Å². The highest BCUT2D eigenvalue weighted by molar-refractivity contribution is 5.81. The molecule has 4 nitrogen and oxygen atoms in total. The van der Waals surface area contributed by atoms with Crippen LogP contribution in [0.15, 0.2) is 12.1 Å². The van der Waals surface area contributed by atoms with Crippen LogP contribution in [-0.4, -0.2) is 20.4 Å². The van der Waals surface area contributed by atoms with Crippen molar-refractivity contribution in [1.82, 2.24) is 0 Å². The van der Waals surface area contributed by atoms with Crippen LogP contribution in [0, 0.1) is 23.3 Å². The lowest BCUT2D eigenvalue weighted by molar-refractivity contribution is 0.358. The Kier molecular flexibility index (Phi) is 3.09. The molecule has 8 heteroatoms. The number of hydrogen-bond donors (Lipinski definition) is 4. The van der Waals surface area contributed by atoms with Gasteiger partial charge < -0.3 is 20.4 Å². The minimum absolute atomic E-state index is 0.489. The summed E-state index contributed by atoms with van der Waals surface area (Å²) in [4.78, 5) is 0. The zero-order valence-electron chi connectivity index (χ0n) is 9.46. The van der Waals surface area contributed by atoms with E-state index in [4.69, 9.17) is 0 Å². The molecule has 2 rings (SSSR count). The number of phenols is 4. The van der Waals surface area contributed by atoms with Crippen molar-refractivity contribution in [3.63, 3.8) is 0 Å². The zero-order valence-corrected chi connectivity index (χ0v) is 9.46. The van der Waals surface area contributed by atoms with E-state index < -0.39 is 57.4 Å². The SMILES string of the molecule is Oc1cc(F)c(O)c(-c2c(O)c(F)c(F)c(F)c2O)c1. The molecule has 0 aromatic heterocycles. The number of phenolic OH excluding ortho intramolecular Hbond substituents is 4. The van der Waals surface area contributed by atoms with E-state index >= 15 is 0 Å². The maximum absolute atomic E-state index is 13.2. The van der Waals surface area contributed by atoms with Gasteiger partial charge in [-0.1, -0.05) is 0 Å². The summed E-state index contributed by atoms with van der Waals surface area (Å²) in [5.41, 5.74) is -1.90. The fourth-order valence-electron chi connectivity index (χ4n) is 1.67. The summed E-state index contributed by atoms with van der Waals surface area (Å²) >= 11 is 0. The van der Waals surface area contributed by atoms with Crippen LogP contribution in [0.5, 0.6) is 23.0 Å². The fourth-order valence-corrected chi connectivity index (χ4v) is 1.67. The first-order valence-electron chi connectivity index (χ1n) is 5.06. The smallest absolute Gasteiger partial charge is 0.204 e. The molecule has 20 heavy (non-hydrogen) atoms. The van der Waals surface area contributed by atoms with E-state index in [1.165, 1.54) is 0 Å². The number of halogens is 4. The second kappa shape index (κ2) is 4.48. The quantitative estimate of drug-likeness (QED) is 0.370. The van der Waals surface area contributed by atoms with Gasteiger partial charge in [0.1, 0.15) is 5.75 Å². The van der Waals surface area contributed by atoms with E-state index in [2.05, 4.69) is 0 Å². The second-order valence-corrected chi connectivity index (χ2v) is 3.84. The van der Waals surface area contributed by atoms with Gasteiger partial charge in [0, 0.05) is 11.6 Å². The third-order valence-electron chi connectivity index (χ3n) is 2.59. The van der Waals surface area contributed by atoms with Crippen LogP contribution in [0.25, 0.3) is 11.1 Å². The van der Waals surface area contributed by atoms with Gasteiger partial charge in [-0.25, -0.2) is 8.78 Å². The minimum Gasteiger partial charge on any atom is -0.508 e. The Morgan fingerprint density at radius 2 is 1.15 bits per heavy atom. The fraction of sp³-hybridized carbons (Fsp3) is 0. The number of aromatic hydroxyl groups is 4. The maximum atomic E-state index is 13.2. The molecular formula is C12H6F4O4. The summed E-state index contributed by atoms with van der Waals surface area (Å²) in [6.07, 6.45) is 0. The molecule has 2 aromatic rings. The lowest BCUT2D eigenvalue weighted by Crippen LogP contribution is -1.96. The molecule has 0 spiro atoms. The van der Waals surface area contributed by atoms with Crippen LogP contribution < -0.4 is 0 Å². The van der Waals surface area contributed by atoms with E-state index in [-0.39, 0.29) is 0 Å². The number of hydrogen-bond acceptors (Lipinski definition) is 4. The van der Waals surface area contributed by atoms with Gasteiger partial charge in [0.2, 0.25) is 17.5 Å². The van der Waals surface area contributed by atoms with E-state index in [1.54, 1.807) is 0 Å². The highest BCUT2D eigenvalue weighted by Crippen LogP contribution is 2.46. The molecule has 0 radical (unpaired) electrons. The van der Waals surface area contributed by atoms with Crippen LogP contribution in [0.4, 0.5) is 17.6 Å². The first-order chi connectivity index (χ1) is 9.25. The average molecular weight is 290 g/mol. The Hall–Kier alpha value is -2.64. The van der Waals surface area contributed by atoms with Crippen molar-refractivity contribution in [2.45, 2.75) is 0 Å². The van der Waals surface area contributed by atoms with Crippen molar-refractivity contribution < 1.29 is 38.0 Å². The van der Waals surface area contributed by atoms with Crippen LogP contribution in [0.3, 0.4) is 0 Å². The van der Waals surface area contributed by atoms with Crippen LogP contribution in [0.2, 0.25) is 0 Å². The monoisotopic (exact) mass is 290 g/mol. The Labute approximate surface area is 108 Å². The van der Waals surface area contributed by atoms with E-state index in [9.17, 15) is 38.0 Å². The molecule has 0 amide bonds. The lowest BCUT2D eigenvalue weighted by atomic mass is 10.0. The second-order valence-electron chi connectivity index (χ2n) is 3.84. The Morgan fingerprint density at radius 1 is 0.650 bits per heavy atom. The van der Waals surface area contributed by atoms with Gasteiger partial charge in [-0.3, -0.25) is 0 Å². The molecule has 0 saturated heterocycles. The first kappa shape index (κ1) is 13.8. The van der Waals surface area contributed by atoms with Crippen LogP contribution in [-0.2, 0) is 0 Å². The summed E-state index contributed by atoms with van der Waals surface area (Å²) in [5.74, 6) is -12.6. The summed E-state index contributed by atoms with van der Waals surface area (Å²) in [5, 5.41) is 37.4. The van der Waals surface area contributed by atoms with Crippen molar-refractivity contribution in [2.24, 2.45) is 0 Å². The number of benzene rings is 2. The molecule has 0 fully saturated rings. The number of rotatable bonds is 1. The van der Waals surface area contributed by atoms with Gasteiger partial charge in [0.05, 0.1) is 5.56 Å². The molecular weight excluding hydrogens is 284 g/mol. The van der Waals surface area contributed by atoms with E-state index in [1.807, 2.05) is 0 Å². The third kappa shape index (κ3) is 1.85. The van der Waals surface area contributed by atoms with Crippen molar-refractivity contribution in [1.29, 1.82) is 0 Å². The molecule has 0 bridgehead atoms. The topological polar surface area (TPSA) is 80.9 Å². The largest absolute Gasteiger partial charge is 0.508 e. The van der Waals surface area contributed by atoms with Crippen LogP contribution >= 0.6 is 0 Å². The van der Waals surface area contributed by atoms with Gasteiger partial charge in [0.15, 0.2) is 23.1 Å².